The Kier molecular flexibility index (Phi) is 8.08. The monoisotopic (exact) mass is 527 g/mol. The van der Waals surface area contributed by atoms with Crippen LogP contribution in [0.4, 0.5) is 18.9 Å². The quantitative estimate of drug-likeness (QED) is 0.234. The van der Waals surface area contributed by atoms with Gasteiger partial charge in [0, 0.05) is 35.1 Å². The summed E-state index contributed by atoms with van der Waals surface area (Å²) in [7, 11) is 0. The Hall–Kier alpha value is -3.92. The van der Waals surface area contributed by atoms with Crippen LogP contribution in [0.15, 0.2) is 84.0 Å². The number of amides is 1. The number of ether oxygens (including phenoxy) is 2. The number of hydrogen-bond donors (Lipinski definition) is 1. The van der Waals surface area contributed by atoms with Gasteiger partial charge in [-0.3, -0.25) is 4.79 Å². The number of nitrogens with one attached hydrogen (secondary N) is 1. The van der Waals surface area contributed by atoms with Crippen LogP contribution < -0.4 is 14.8 Å². The highest BCUT2D eigenvalue weighted by Crippen LogP contribution is 2.34. The van der Waals surface area contributed by atoms with E-state index in [4.69, 9.17) is 4.74 Å². The van der Waals surface area contributed by atoms with Crippen molar-refractivity contribution in [3.05, 3.63) is 90.5 Å². The van der Waals surface area contributed by atoms with E-state index in [1.165, 1.54) is 18.2 Å². The molecule has 1 aromatic heterocycles. The summed E-state index contributed by atoms with van der Waals surface area (Å²) in [6.07, 6.45) is -1.28. The average Bonchev–Trinajstić information content (AvgIpc) is 3.25. The minimum Gasteiger partial charge on any atom is -0.455 e. The van der Waals surface area contributed by atoms with E-state index in [0.29, 0.717) is 22.9 Å². The topological polar surface area (TPSA) is 65.4 Å². The van der Waals surface area contributed by atoms with Crippen molar-refractivity contribution in [2.75, 3.05) is 11.1 Å². The van der Waals surface area contributed by atoms with Crippen LogP contribution in [0.25, 0.3) is 5.69 Å². The second-order valence-electron chi connectivity index (χ2n) is 7.95. The first-order chi connectivity index (χ1) is 17.7. The van der Waals surface area contributed by atoms with E-state index in [2.05, 4.69) is 22.0 Å². The largest absolute Gasteiger partial charge is 0.573 e. The van der Waals surface area contributed by atoms with Gasteiger partial charge < -0.3 is 19.4 Å². The summed E-state index contributed by atoms with van der Waals surface area (Å²) in [5.41, 5.74) is 1.95. The molecular weight excluding hydrogens is 503 g/mol. The first-order valence-electron chi connectivity index (χ1n) is 11.4. The molecule has 0 fully saturated rings. The molecule has 0 bridgehead atoms. The minimum atomic E-state index is -4.82. The molecule has 3 aromatic carbocycles. The van der Waals surface area contributed by atoms with E-state index < -0.39 is 12.1 Å². The van der Waals surface area contributed by atoms with Crippen molar-refractivity contribution >= 4 is 23.4 Å². The lowest BCUT2D eigenvalue weighted by molar-refractivity contribution is -0.274. The van der Waals surface area contributed by atoms with Gasteiger partial charge >= 0.3 is 6.36 Å². The molecule has 0 aliphatic heterocycles. The van der Waals surface area contributed by atoms with Crippen LogP contribution in [0.1, 0.15) is 18.3 Å². The summed E-state index contributed by atoms with van der Waals surface area (Å²) in [6, 6.07) is 18.1. The minimum absolute atomic E-state index is 0.134. The van der Waals surface area contributed by atoms with Gasteiger partial charge in [0.1, 0.15) is 17.3 Å². The van der Waals surface area contributed by atoms with E-state index in [1.807, 2.05) is 31.2 Å². The third kappa shape index (κ3) is 7.29. The van der Waals surface area contributed by atoms with Crippen LogP contribution in [-0.2, 0) is 11.2 Å². The maximum atomic E-state index is 12.7. The van der Waals surface area contributed by atoms with Crippen molar-refractivity contribution in [3.8, 4) is 22.9 Å². The zero-order valence-electron chi connectivity index (χ0n) is 20.1. The van der Waals surface area contributed by atoms with Crippen molar-refractivity contribution in [1.29, 1.82) is 0 Å². The Bertz CT molecular complexity index is 1370. The Labute approximate surface area is 216 Å². The number of alkyl halides is 3. The molecule has 1 N–H and O–H groups in total. The van der Waals surface area contributed by atoms with Crippen molar-refractivity contribution in [2.24, 2.45) is 0 Å². The number of imidazole rings is 1. The zero-order chi connectivity index (χ0) is 26.4. The second kappa shape index (κ2) is 11.4. The molecule has 4 rings (SSSR count). The third-order valence-electron chi connectivity index (χ3n) is 5.19. The lowest BCUT2D eigenvalue weighted by Crippen LogP contribution is -2.17. The van der Waals surface area contributed by atoms with Gasteiger partial charge in [-0.1, -0.05) is 25.1 Å². The highest BCUT2D eigenvalue weighted by atomic mass is 32.2. The van der Waals surface area contributed by atoms with Crippen LogP contribution in [0.2, 0.25) is 0 Å². The Morgan fingerprint density at radius 3 is 2.49 bits per heavy atom. The molecule has 0 saturated heterocycles. The van der Waals surface area contributed by atoms with E-state index in [0.717, 1.165) is 22.3 Å². The molecule has 0 aliphatic carbocycles. The fraction of sp³-hybridized carbons (Fsp3) is 0.185. The van der Waals surface area contributed by atoms with Crippen LogP contribution in [0.5, 0.6) is 17.2 Å². The molecular formula is C27H24F3N3O3S. The van der Waals surface area contributed by atoms with Crippen LogP contribution in [-0.4, -0.2) is 27.6 Å². The molecule has 10 heteroatoms. The molecule has 1 amide bonds. The number of hydrogen-bond acceptors (Lipinski definition) is 5. The standard InChI is InChI=1S/C27H24F3N3O3S/c1-3-37-23-10-7-19(8-11-23)15-26(34)32-20-9-12-24(33-14-13-31-18(33)2)25(16-20)35-21-5-4-6-22(17-21)36-27(28,29)30/h4-14,16-17H,3,15H2,1-2H3,(H,32,34). The Morgan fingerprint density at radius 1 is 1.05 bits per heavy atom. The summed E-state index contributed by atoms with van der Waals surface area (Å²) < 4.78 is 49.7. The summed E-state index contributed by atoms with van der Waals surface area (Å²) in [5, 5.41) is 2.86. The van der Waals surface area contributed by atoms with Crippen LogP contribution >= 0.6 is 11.8 Å². The normalized spacial score (nSPS) is 11.3. The van der Waals surface area contributed by atoms with Gasteiger partial charge in [0.15, 0.2) is 5.75 Å². The lowest BCUT2D eigenvalue weighted by Gasteiger charge is -2.16. The van der Waals surface area contributed by atoms with E-state index in [-0.39, 0.29) is 18.1 Å². The maximum absolute atomic E-state index is 12.7. The number of thioether (sulfide) groups is 1. The first kappa shape index (κ1) is 26.2. The highest BCUT2D eigenvalue weighted by molar-refractivity contribution is 7.99. The predicted molar refractivity (Wildman–Crippen MR) is 137 cm³/mol. The number of nitrogens with zero attached hydrogens (tertiary/aromatic N) is 2. The second-order valence-corrected chi connectivity index (χ2v) is 9.29. The molecule has 0 aliphatic rings. The van der Waals surface area contributed by atoms with Gasteiger partial charge in [0.05, 0.1) is 12.1 Å². The fourth-order valence-electron chi connectivity index (χ4n) is 3.63. The zero-order valence-corrected chi connectivity index (χ0v) is 20.9. The number of benzene rings is 3. The molecule has 0 spiro atoms. The number of carbonyl (C=O) groups excluding carboxylic acids is 1. The summed E-state index contributed by atoms with van der Waals surface area (Å²) in [6.45, 7) is 3.89. The smallest absolute Gasteiger partial charge is 0.455 e. The van der Waals surface area contributed by atoms with Gasteiger partial charge in [0.2, 0.25) is 5.91 Å². The van der Waals surface area contributed by atoms with Crippen LogP contribution in [0.3, 0.4) is 0 Å². The summed E-state index contributed by atoms with van der Waals surface area (Å²) in [4.78, 5) is 18.1. The Morgan fingerprint density at radius 2 is 1.81 bits per heavy atom. The molecule has 192 valence electrons. The van der Waals surface area contributed by atoms with Gasteiger partial charge in [-0.2, -0.15) is 0 Å². The molecule has 37 heavy (non-hydrogen) atoms. The Balaban J connectivity index is 1.56. The number of anilines is 1. The molecule has 0 atom stereocenters. The SMILES string of the molecule is CCSc1ccc(CC(=O)Nc2ccc(-n3ccnc3C)c(Oc3cccc(OC(F)(F)F)c3)c2)cc1. The number of halogens is 3. The van der Waals surface area contributed by atoms with Crippen molar-refractivity contribution in [2.45, 2.75) is 31.5 Å². The third-order valence-corrected chi connectivity index (χ3v) is 6.09. The fourth-order valence-corrected chi connectivity index (χ4v) is 4.29. The number of aromatic nitrogens is 2. The number of rotatable bonds is 9. The molecule has 4 aromatic rings. The molecule has 0 unspecified atom stereocenters. The number of carbonyl (C=O) groups is 1. The molecule has 6 nitrogen and oxygen atoms in total. The molecule has 0 radical (unpaired) electrons. The van der Waals surface area contributed by atoms with Gasteiger partial charge in [0.25, 0.3) is 0 Å². The molecule has 1 heterocycles. The number of aryl methyl sites for hydroxylation is 1. The summed E-state index contributed by atoms with van der Waals surface area (Å²) in [5.74, 6) is 1.48. The average molecular weight is 528 g/mol. The maximum Gasteiger partial charge on any atom is 0.573 e. The highest BCUT2D eigenvalue weighted by Gasteiger charge is 2.31. The van der Waals surface area contributed by atoms with E-state index in [1.54, 1.807) is 46.9 Å². The molecule has 0 saturated carbocycles. The lowest BCUT2D eigenvalue weighted by atomic mass is 10.1. The van der Waals surface area contributed by atoms with E-state index >= 15 is 0 Å². The first-order valence-corrected chi connectivity index (χ1v) is 12.4. The van der Waals surface area contributed by atoms with Crippen molar-refractivity contribution < 1.29 is 27.4 Å². The van der Waals surface area contributed by atoms with Crippen molar-refractivity contribution in [1.82, 2.24) is 9.55 Å². The predicted octanol–water partition coefficient (Wildman–Crippen LogP) is 7.16. The van der Waals surface area contributed by atoms with Gasteiger partial charge in [-0.15, -0.1) is 24.9 Å². The van der Waals surface area contributed by atoms with Crippen molar-refractivity contribution in [3.63, 3.8) is 0 Å². The van der Waals surface area contributed by atoms with Gasteiger partial charge in [-0.25, -0.2) is 4.98 Å². The van der Waals surface area contributed by atoms with Gasteiger partial charge in [-0.05, 0) is 54.6 Å². The van der Waals surface area contributed by atoms with Crippen LogP contribution in [0, 0.1) is 6.92 Å². The van der Waals surface area contributed by atoms with E-state index in [9.17, 15) is 18.0 Å². The summed E-state index contributed by atoms with van der Waals surface area (Å²) >= 11 is 1.73.